The van der Waals surface area contributed by atoms with Crippen LogP contribution in [-0.4, -0.2) is 17.0 Å². The first kappa shape index (κ1) is 14.4. The highest BCUT2D eigenvalue weighted by molar-refractivity contribution is 9.10. The third kappa shape index (κ3) is 3.69. The molecule has 0 bridgehead atoms. The maximum absolute atomic E-state index is 11.5. The molecule has 0 spiro atoms. The largest absolute Gasteiger partial charge is 0.336 e. The van der Waals surface area contributed by atoms with Gasteiger partial charge in [-0.1, -0.05) is 0 Å². The molecule has 98 valence electrons. The van der Waals surface area contributed by atoms with Crippen molar-refractivity contribution in [3.8, 4) is 0 Å². The fourth-order valence-electron chi connectivity index (χ4n) is 1.37. The molecule has 0 saturated heterocycles. The summed E-state index contributed by atoms with van der Waals surface area (Å²) in [7, 11) is 0. The van der Waals surface area contributed by atoms with Crippen LogP contribution in [0.5, 0.6) is 0 Å². The van der Waals surface area contributed by atoms with Gasteiger partial charge in [-0.15, -0.1) is 0 Å². The van der Waals surface area contributed by atoms with Gasteiger partial charge in [0.05, 0.1) is 10.6 Å². The van der Waals surface area contributed by atoms with Crippen molar-refractivity contribution in [2.45, 2.75) is 26.8 Å². The second kappa shape index (κ2) is 5.81. The lowest BCUT2D eigenvalue weighted by molar-refractivity contribution is -0.385. The van der Waals surface area contributed by atoms with Crippen molar-refractivity contribution in [1.29, 1.82) is 0 Å². The first-order chi connectivity index (χ1) is 8.31. The molecule has 0 aromatic heterocycles. The van der Waals surface area contributed by atoms with Gasteiger partial charge in [-0.25, -0.2) is 4.79 Å². The van der Waals surface area contributed by atoms with Crippen molar-refractivity contribution in [3.63, 3.8) is 0 Å². The molecular weight excluding hydrogens is 302 g/mol. The Labute approximate surface area is 113 Å². The maximum Gasteiger partial charge on any atom is 0.319 e. The number of carbonyl (C=O) groups excluding carboxylic acids is 1. The number of hydrogen-bond donors (Lipinski definition) is 2. The van der Waals surface area contributed by atoms with Crippen LogP contribution in [0.15, 0.2) is 16.6 Å². The van der Waals surface area contributed by atoms with E-state index in [9.17, 15) is 14.9 Å². The first-order valence-corrected chi connectivity index (χ1v) is 6.12. The van der Waals surface area contributed by atoms with Crippen LogP contribution in [0.2, 0.25) is 0 Å². The fraction of sp³-hybridized carbons (Fsp3) is 0.364. The highest BCUT2D eigenvalue weighted by Crippen LogP contribution is 2.30. The number of urea groups is 1. The molecule has 1 aromatic rings. The van der Waals surface area contributed by atoms with E-state index in [0.717, 1.165) is 0 Å². The standard InChI is InChI=1S/C11H14BrN3O3/c1-6(2)13-11(16)14-9-5-10(15(17)18)7(3)4-8(9)12/h4-6H,1-3H3,(H2,13,14,16). The first-order valence-electron chi connectivity index (χ1n) is 5.33. The minimum absolute atomic E-state index is 0.00999. The molecule has 0 aliphatic rings. The van der Waals surface area contributed by atoms with E-state index < -0.39 is 11.0 Å². The van der Waals surface area contributed by atoms with E-state index in [0.29, 0.717) is 15.7 Å². The van der Waals surface area contributed by atoms with Crippen LogP contribution < -0.4 is 10.6 Å². The number of benzene rings is 1. The Kier molecular flexibility index (Phi) is 4.66. The van der Waals surface area contributed by atoms with Crippen LogP contribution in [-0.2, 0) is 0 Å². The zero-order valence-corrected chi connectivity index (χ0v) is 11.9. The van der Waals surface area contributed by atoms with E-state index in [1.807, 2.05) is 13.8 Å². The number of nitrogens with one attached hydrogen (secondary N) is 2. The van der Waals surface area contributed by atoms with E-state index in [1.165, 1.54) is 6.07 Å². The summed E-state index contributed by atoms with van der Waals surface area (Å²) in [4.78, 5) is 21.9. The van der Waals surface area contributed by atoms with Crippen LogP contribution in [0.3, 0.4) is 0 Å². The lowest BCUT2D eigenvalue weighted by Crippen LogP contribution is -2.34. The summed E-state index contributed by atoms with van der Waals surface area (Å²) in [5.41, 5.74) is 0.866. The zero-order valence-electron chi connectivity index (χ0n) is 10.3. The van der Waals surface area contributed by atoms with Crippen molar-refractivity contribution in [1.82, 2.24) is 5.32 Å². The number of rotatable bonds is 3. The zero-order chi connectivity index (χ0) is 13.9. The molecule has 2 N–H and O–H groups in total. The number of halogens is 1. The Morgan fingerprint density at radius 3 is 2.56 bits per heavy atom. The molecule has 2 amide bonds. The molecule has 7 heteroatoms. The number of carbonyl (C=O) groups is 1. The summed E-state index contributed by atoms with van der Waals surface area (Å²) in [5.74, 6) is 0. The second-order valence-electron chi connectivity index (χ2n) is 4.13. The number of amides is 2. The van der Waals surface area contributed by atoms with Gasteiger partial charge in [0.25, 0.3) is 5.69 Å². The average molecular weight is 316 g/mol. The summed E-state index contributed by atoms with van der Waals surface area (Å²) in [6, 6.07) is 2.52. The summed E-state index contributed by atoms with van der Waals surface area (Å²) in [6.07, 6.45) is 0. The van der Waals surface area contributed by atoms with Gasteiger partial charge in [0.1, 0.15) is 0 Å². The predicted molar refractivity (Wildman–Crippen MR) is 72.8 cm³/mol. The quantitative estimate of drug-likeness (QED) is 0.663. The third-order valence-corrected chi connectivity index (χ3v) is 2.81. The van der Waals surface area contributed by atoms with Gasteiger partial charge >= 0.3 is 6.03 Å². The second-order valence-corrected chi connectivity index (χ2v) is 4.98. The number of nitro benzene ring substituents is 1. The smallest absolute Gasteiger partial charge is 0.319 e. The number of anilines is 1. The number of nitrogens with zero attached hydrogens (tertiary/aromatic N) is 1. The molecule has 6 nitrogen and oxygen atoms in total. The van der Waals surface area contributed by atoms with E-state index >= 15 is 0 Å². The Morgan fingerprint density at radius 1 is 1.44 bits per heavy atom. The number of hydrogen-bond acceptors (Lipinski definition) is 3. The topological polar surface area (TPSA) is 84.3 Å². The molecule has 0 fully saturated rings. The van der Waals surface area contributed by atoms with E-state index in [2.05, 4.69) is 26.6 Å². The van der Waals surface area contributed by atoms with Crippen LogP contribution in [0, 0.1) is 17.0 Å². The van der Waals surface area contributed by atoms with Crippen LogP contribution in [0.1, 0.15) is 19.4 Å². The molecule has 18 heavy (non-hydrogen) atoms. The van der Waals surface area contributed by atoms with Crippen LogP contribution in [0.25, 0.3) is 0 Å². The summed E-state index contributed by atoms with van der Waals surface area (Å²) < 4.78 is 0.601. The van der Waals surface area contributed by atoms with Gasteiger partial charge in [-0.3, -0.25) is 10.1 Å². The third-order valence-electron chi connectivity index (χ3n) is 2.15. The molecule has 0 heterocycles. The summed E-state index contributed by atoms with van der Waals surface area (Å²) >= 11 is 3.26. The van der Waals surface area contributed by atoms with Crippen LogP contribution in [0.4, 0.5) is 16.2 Å². The van der Waals surface area contributed by atoms with Gasteiger partial charge < -0.3 is 10.6 Å². The van der Waals surface area contributed by atoms with Crippen molar-refractivity contribution >= 4 is 33.3 Å². The van der Waals surface area contributed by atoms with Gasteiger partial charge in [-0.05, 0) is 42.8 Å². The van der Waals surface area contributed by atoms with Crippen molar-refractivity contribution in [2.24, 2.45) is 0 Å². The number of nitro groups is 1. The molecule has 0 saturated carbocycles. The van der Waals surface area contributed by atoms with Gasteiger partial charge in [-0.2, -0.15) is 0 Å². The lowest BCUT2D eigenvalue weighted by Gasteiger charge is -2.11. The Hall–Kier alpha value is -1.63. The van der Waals surface area contributed by atoms with Gasteiger partial charge in [0.2, 0.25) is 0 Å². The molecule has 0 aliphatic carbocycles. The lowest BCUT2D eigenvalue weighted by atomic mass is 10.2. The van der Waals surface area contributed by atoms with Gasteiger partial charge in [0, 0.05) is 22.1 Å². The molecule has 0 unspecified atom stereocenters. The Bertz CT molecular complexity index is 489. The number of aryl methyl sites for hydroxylation is 1. The maximum atomic E-state index is 11.5. The minimum Gasteiger partial charge on any atom is -0.336 e. The summed E-state index contributed by atoms with van der Waals surface area (Å²) in [6.45, 7) is 5.29. The van der Waals surface area contributed by atoms with Crippen LogP contribution >= 0.6 is 15.9 Å². The Balaban J connectivity index is 2.99. The van der Waals surface area contributed by atoms with E-state index in [4.69, 9.17) is 0 Å². The molecule has 0 atom stereocenters. The normalized spacial score (nSPS) is 10.3. The molecular formula is C11H14BrN3O3. The molecule has 1 aromatic carbocycles. The minimum atomic E-state index is -0.479. The highest BCUT2D eigenvalue weighted by Gasteiger charge is 2.15. The molecule has 0 aliphatic heterocycles. The van der Waals surface area contributed by atoms with Crippen molar-refractivity contribution in [2.75, 3.05) is 5.32 Å². The molecule has 1 rings (SSSR count). The summed E-state index contributed by atoms with van der Waals surface area (Å²) in [5, 5.41) is 16.0. The SMILES string of the molecule is Cc1cc(Br)c(NC(=O)NC(C)C)cc1[N+](=O)[O-]. The monoisotopic (exact) mass is 315 g/mol. The Morgan fingerprint density at radius 2 is 2.06 bits per heavy atom. The average Bonchev–Trinajstić information content (AvgIpc) is 2.20. The van der Waals surface area contributed by atoms with E-state index in [-0.39, 0.29) is 11.7 Å². The molecule has 0 radical (unpaired) electrons. The van der Waals surface area contributed by atoms with Crippen molar-refractivity contribution in [3.05, 3.63) is 32.3 Å². The van der Waals surface area contributed by atoms with E-state index in [1.54, 1.807) is 13.0 Å². The van der Waals surface area contributed by atoms with Crippen molar-refractivity contribution < 1.29 is 9.72 Å². The predicted octanol–water partition coefficient (Wildman–Crippen LogP) is 3.20. The fourth-order valence-corrected chi connectivity index (χ4v) is 1.93. The highest BCUT2D eigenvalue weighted by atomic mass is 79.9. The van der Waals surface area contributed by atoms with Gasteiger partial charge in [0.15, 0.2) is 0 Å².